The van der Waals surface area contributed by atoms with E-state index in [1.165, 1.54) is 6.42 Å². The van der Waals surface area contributed by atoms with Crippen LogP contribution in [0.15, 0.2) is 24.3 Å². The van der Waals surface area contributed by atoms with Crippen LogP contribution in [0.1, 0.15) is 48.1 Å². The summed E-state index contributed by atoms with van der Waals surface area (Å²) in [6, 6.07) is 7.78. The number of carboxylic acids is 1. The summed E-state index contributed by atoms with van der Waals surface area (Å²) in [5.41, 5.74) is 1.54. The minimum atomic E-state index is -0.841. The van der Waals surface area contributed by atoms with Gasteiger partial charge in [0.1, 0.15) is 0 Å². The van der Waals surface area contributed by atoms with E-state index < -0.39 is 5.97 Å². The summed E-state index contributed by atoms with van der Waals surface area (Å²) in [4.78, 5) is 13.4. The molecule has 0 aromatic heterocycles. The standard InChI is InChI=1S/C14H19NO2/c1-2-8-15-9-4-7-13(15)11-5-3-6-12(10-11)14(16)17/h3,5-6,10,13H,2,4,7-9H2,1H3,(H,16,17). The van der Waals surface area contributed by atoms with Crippen LogP contribution >= 0.6 is 0 Å². The normalized spacial score (nSPS) is 20.6. The molecule has 0 bridgehead atoms. The number of hydrogen-bond acceptors (Lipinski definition) is 2. The van der Waals surface area contributed by atoms with Gasteiger partial charge in [-0.05, 0) is 50.0 Å². The van der Waals surface area contributed by atoms with E-state index in [9.17, 15) is 4.79 Å². The largest absolute Gasteiger partial charge is 0.478 e. The van der Waals surface area contributed by atoms with E-state index >= 15 is 0 Å². The van der Waals surface area contributed by atoms with E-state index in [-0.39, 0.29) is 0 Å². The molecule has 1 fully saturated rings. The third-order valence-electron chi connectivity index (χ3n) is 3.39. The first-order valence-electron chi connectivity index (χ1n) is 6.29. The van der Waals surface area contributed by atoms with Crippen LogP contribution < -0.4 is 0 Å². The maximum atomic E-state index is 11.0. The van der Waals surface area contributed by atoms with Crippen LogP contribution in [-0.2, 0) is 0 Å². The third kappa shape index (κ3) is 2.67. The molecular weight excluding hydrogens is 214 g/mol. The van der Waals surface area contributed by atoms with Crippen molar-refractivity contribution < 1.29 is 9.90 Å². The van der Waals surface area contributed by atoms with Crippen molar-refractivity contribution in [3.05, 3.63) is 35.4 Å². The SMILES string of the molecule is CCCN1CCCC1c1cccc(C(=O)O)c1. The predicted molar refractivity (Wildman–Crippen MR) is 67.2 cm³/mol. The Morgan fingerprint density at radius 2 is 2.35 bits per heavy atom. The van der Waals surface area contributed by atoms with E-state index in [1.807, 2.05) is 18.2 Å². The Labute approximate surface area is 102 Å². The molecule has 1 aliphatic heterocycles. The average molecular weight is 233 g/mol. The molecule has 0 spiro atoms. The molecule has 1 aromatic rings. The third-order valence-corrected chi connectivity index (χ3v) is 3.39. The predicted octanol–water partition coefficient (Wildman–Crippen LogP) is 2.93. The minimum absolute atomic E-state index is 0.394. The first-order valence-corrected chi connectivity index (χ1v) is 6.29. The number of likely N-dealkylation sites (tertiary alicyclic amines) is 1. The van der Waals surface area contributed by atoms with Gasteiger partial charge < -0.3 is 5.11 Å². The average Bonchev–Trinajstić information content (AvgIpc) is 2.78. The van der Waals surface area contributed by atoms with Crippen molar-refractivity contribution >= 4 is 5.97 Å². The molecular formula is C14H19NO2. The molecule has 3 nitrogen and oxygen atoms in total. The summed E-state index contributed by atoms with van der Waals surface area (Å²) in [7, 11) is 0. The van der Waals surface area contributed by atoms with Crippen LogP contribution in [0.2, 0.25) is 0 Å². The molecule has 0 radical (unpaired) electrons. The lowest BCUT2D eigenvalue weighted by Crippen LogP contribution is -2.24. The highest BCUT2D eigenvalue weighted by atomic mass is 16.4. The number of nitrogens with zero attached hydrogens (tertiary/aromatic N) is 1. The molecule has 0 saturated carbocycles. The lowest BCUT2D eigenvalue weighted by Gasteiger charge is -2.24. The fourth-order valence-corrected chi connectivity index (χ4v) is 2.64. The summed E-state index contributed by atoms with van der Waals surface area (Å²) in [6.45, 7) is 4.42. The number of hydrogen-bond donors (Lipinski definition) is 1. The van der Waals surface area contributed by atoms with Gasteiger partial charge in [-0.15, -0.1) is 0 Å². The van der Waals surface area contributed by atoms with Gasteiger partial charge in [0.15, 0.2) is 0 Å². The molecule has 92 valence electrons. The Balaban J connectivity index is 2.21. The van der Waals surface area contributed by atoms with E-state index in [0.717, 1.165) is 31.5 Å². The van der Waals surface area contributed by atoms with Crippen LogP contribution in [-0.4, -0.2) is 29.1 Å². The number of aromatic carboxylic acids is 1. The molecule has 1 N–H and O–H groups in total. The molecule has 17 heavy (non-hydrogen) atoms. The maximum absolute atomic E-state index is 11.0. The van der Waals surface area contributed by atoms with Crippen LogP contribution in [0.4, 0.5) is 0 Å². The maximum Gasteiger partial charge on any atom is 0.335 e. The molecule has 2 rings (SSSR count). The molecule has 1 atom stereocenters. The summed E-state index contributed by atoms with van der Waals surface area (Å²) in [6.07, 6.45) is 3.50. The van der Waals surface area contributed by atoms with E-state index in [1.54, 1.807) is 6.07 Å². The van der Waals surface area contributed by atoms with Gasteiger partial charge in [-0.1, -0.05) is 19.1 Å². The molecule has 1 saturated heterocycles. The van der Waals surface area contributed by atoms with Crippen LogP contribution in [0, 0.1) is 0 Å². The van der Waals surface area contributed by atoms with Crippen molar-refractivity contribution in [3.63, 3.8) is 0 Å². The Kier molecular flexibility index (Phi) is 3.79. The monoisotopic (exact) mass is 233 g/mol. The Morgan fingerprint density at radius 3 is 3.06 bits per heavy atom. The molecule has 3 heteroatoms. The van der Waals surface area contributed by atoms with E-state index in [0.29, 0.717) is 11.6 Å². The van der Waals surface area contributed by atoms with Gasteiger partial charge in [-0.2, -0.15) is 0 Å². The van der Waals surface area contributed by atoms with Crippen molar-refractivity contribution in [1.29, 1.82) is 0 Å². The van der Waals surface area contributed by atoms with Gasteiger partial charge in [-0.3, -0.25) is 4.90 Å². The zero-order valence-electron chi connectivity index (χ0n) is 10.2. The highest BCUT2D eigenvalue weighted by Gasteiger charge is 2.25. The fraction of sp³-hybridized carbons (Fsp3) is 0.500. The van der Waals surface area contributed by atoms with Crippen LogP contribution in [0.3, 0.4) is 0 Å². The smallest absolute Gasteiger partial charge is 0.335 e. The second kappa shape index (κ2) is 5.32. The van der Waals surface area contributed by atoms with E-state index in [2.05, 4.69) is 11.8 Å². The number of carboxylic acid groups (broad SMARTS) is 1. The molecule has 1 unspecified atom stereocenters. The topological polar surface area (TPSA) is 40.5 Å². The van der Waals surface area contributed by atoms with E-state index in [4.69, 9.17) is 5.11 Å². The summed E-state index contributed by atoms with van der Waals surface area (Å²) < 4.78 is 0. The Morgan fingerprint density at radius 1 is 1.53 bits per heavy atom. The quantitative estimate of drug-likeness (QED) is 0.869. The van der Waals surface area contributed by atoms with Gasteiger partial charge >= 0.3 is 5.97 Å². The summed E-state index contributed by atoms with van der Waals surface area (Å²) >= 11 is 0. The summed E-state index contributed by atoms with van der Waals surface area (Å²) in [5, 5.41) is 9.01. The van der Waals surface area contributed by atoms with Crippen molar-refractivity contribution in [2.75, 3.05) is 13.1 Å². The number of carbonyl (C=O) groups is 1. The zero-order valence-corrected chi connectivity index (χ0v) is 10.2. The fourth-order valence-electron chi connectivity index (χ4n) is 2.64. The van der Waals surface area contributed by atoms with Crippen molar-refractivity contribution in [3.8, 4) is 0 Å². The van der Waals surface area contributed by atoms with Gasteiger partial charge in [0, 0.05) is 6.04 Å². The zero-order chi connectivity index (χ0) is 12.3. The Hall–Kier alpha value is -1.35. The summed E-state index contributed by atoms with van der Waals surface area (Å²) in [5.74, 6) is -0.841. The first kappa shape index (κ1) is 12.1. The highest BCUT2D eigenvalue weighted by Crippen LogP contribution is 2.32. The van der Waals surface area contributed by atoms with Crippen molar-refractivity contribution in [2.24, 2.45) is 0 Å². The molecule has 1 heterocycles. The Bertz CT molecular complexity index is 403. The lowest BCUT2D eigenvalue weighted by atomic mass is 10.0. The second-order valence-electron chi connectivity index (χ2n) is 4.62. The number of rotatable bonds is 4. The van der Waals surface area contributed by atoms with Crippen LogP contribution in [0.5, 0.6) is 0 Å². The second-order valence-corrected chi connectivity index (χ2v) is 4.62. The molecule has 0 aliphatic carbocycles. The van der Waals surface area contributed by atoms with Gasteiger partial charge in [-0.25, -0.2) is 4.79 Å². The minimum Gasteiger partial charge on any atom is -0.478 e. The lowest BCUT2D eigenvalue weighted by molar-refractivity contribution is 0.0696. The van der Waals surface area contributed by atoms with Gasteiger partial charge in [0.05, 0.1) is 5.56 Å². The highest BCUT2D eigenvalue weighted by molar-refractivity contribution is 5.87. The molecule has 1 aromatic carbocycles. The van der Waals surface area contributed by atoms with Crippen molar-refractivity contribution in [1.82, 2.24) is 4.90 Å². The molecule has 0 amide bonds. The number of benzene rings is 1. The molecule has 1 aliphatic rings. The van der Waals surface area contributed by atoms with Crippen molar-refractivity contribution in [2.45, 2.75) is 32.2 Å². The van der Waals surface area contributed by atoms with Gasteiger partial charge in [0.25, 0.3) is 0 Å². The first-order chi connectivity index (χ1) is 8.22. The van der Waals surface area contributed by atoms with Crippen LogP contribution in [0.25, 0.3) is 0 Å². The van der Waals surface area contributed by atoms with Gasteiger partial charge in [0.2, 0.25) is 0 Å².